The smallest absolute Gasteiger partial charge is 0.315 e. The second-order valence-corrected chi connectivity index (χ2v) is 7.43. The molecule has 0 aromatic heterocycles. The molecule has 140 valence electrons. The van der Waals surface area contributed by atoms with Gasteiger partial charge in [-0.1, -0.05) is 17.7 Å². The lowest BCUT2D eigenvalue weighted by Gasteiger charge is -2.19. The summed E-state index contributed by atoms with van der Waals surface area (Å²) in [6.45, 7) is 5.28. The van der Waals surface area contributed by atoms with E-state index in [9.17, 15) is 9.59 Å². The predicted octanol–water partition coefficient (Wildman–Crippen LogP) is 3.60. The topological polar surface area (TPSA) is 61.4 Å². The van der Waals surface area contributed by atoms with Crippen molar-refractivity contribution in [3.8, 4) is 0 Å². The molecule has 5 heteroatoms. The van der Waals surface area contributed by atoms with Gasteiger partial charge in [0, 0.05) is 25.2 Å². The van der Waals surface area contributed by atoms with Gasteiger partial charge in [0.25, 0.3) is 0 Å². The van der Waals surface area contributed by atoms with Crippen molar-refractivity contribution >= 4 is 17.6 Å². The zero-order valence-electron chi connectivity index (χ0n) is 15.8. The summed E-state index contributed by atoms with van der Waals surface area (Å²) >= 11 is 0. The highest BCUT2D eigenvalue weighted by Crippen LogP contribution is 2.24. The third kappa shape index (κ3) is 4.65. The highest BCUT2D eigenvalue weighted by molar-refractivity contribution is 5.96. The first-order chi connectivity index (χ1) is 12.5. The van der Waals surface area contributed by atoms with Gasteiger partial charge in [-0.2, -0.15) is 0 Å². The molecule has 1 aliphatic heterocycles. The van der Waals surface area contributed by atoms with Gasteiger partial charge >= 0.3 is 6.03 Å². The lowest BCUT2D eigenvalue weighted by atomic mass is 9.97. The summed E-state index contributed by atoms with van der Waals surface area (Å²) in [5, 5.41) is 5.86. The molecule has 1 aromatic rings. The molecule has 0 radical (unpaired) electrons. The molecule has 3 rings (SSSR count). The van der Waals surface area contributed by atoms with Gasteiger partial charge < -0.3 is 15.5 Å². The maximum atomic E-state index is 12.3. The number of urea groups is 1. The standard InChI is InChI=1S/C21H29N3O2/c1-15-8-9-19(12-16(15)2)24-14-18(13-20(24)25)23-21(26)22-11-10-17-6-4-3-5-7-17/h6,8-9,12,18H,3-5,7,10-11,13-14H2,1-2H3,(H2,22,23,26)/t18-/m0/s1. The van der Waals surface area contributed by atoms with E-state index in [0.29, 0.717) is 19.5 Å². The number of aryl methyl sites for hydroxylation is 2. The van der Waals surface area contributed by atoms with Crippen LogP contribution in [0.3, 0.4) is 0 Å². The van der Waals surface area contributed by atoms with Crippen LogP contribution in [0.2, 0.25) is 0 Å². The van der Waals surface area contributed by atoms with Gasteiger partial charge in [-0.15, -0.1) is 0 Å². The lowest BCUT2D eigenvalue weighted by Crippen LogP contribution is -2.43. The minimum atomic E-state index is -0.179. The number of nitrogens with zero attached hydrogens (tertiary/aromatic N) is 1. The zero-order valence-corrected chi connectivity index (χ0v) is 15.8. The van der Waals surface area contributed by atoms with Crippen LogP contribution in [-0.2, 0) is 4.79 Å². The number of rotatable bonds is 5. The van der Waals surface area contributed by atoms with E-state index in [0.717, 1.165) is 18.5 Å². The molecule has 2 aliphatic rings. The molecule has 2 N–H and O–H groups in total. The van der Waals surface area contributed by atoms with E-state index >= 15 is 0 Å². The average Bonchev–Trinajstić information content (AvgIpc) is 2.98. The quantitative estimate of drug-likeness (QED) is 0.793. The van der Waals surface area contributed by atoms with Crippen molar-refractivity contribution in [3.05, 3.63) is 41.0 Å². The van der Waals surface area contributed by atoms with Crippen LogP contribution in [0.15, 0.2) is 29.8 Å². The van der Waals surface area contributed by atoms with E-state index in [1.807, 2.05) is 25.1 Å². The highest BCUT2D eigenvalue weighted by Gasteiger charge is 2.31. The molecule has 1 aromatic carbocycles. The second-order valence-electron chi connectivity index (χ2n) is 7.43. The maximum absolute atomic E-state index is 12.3. The van der Waals surface area contributed by atoms with Crippen molar-refractivity contribution < 1.29 is 9.59 Å². The Morgan fingerprint density at radius 3 is 2.81 bits per heavy atom. The largest absolute Gasteiger partial charge is 0.338 e. The van der Waals surface area contributed by atoms with Crippen molar-refractivity contribution in [1.82, 2.24) is 10.6 Å². The minimum absolute atomic E-state index is 0.0610. The van der Waals surface area contributed by atoms with Crippen LogP contribution in [0.4, 0.5) is 10.5 Å². The fourth-order valence-electron chi connectivity index (χ4n) is 3.65. The molecule has 1 heterocycles. The Labute approximate surface area is 155 Å². The van der Waals surface area contributed by atoms with E-state index < -0.39 is 0 Å². The van der Waals surface area contributed by atoms with Crippen LogP contribution >= 0.6 is 0 Å². The SMILES string of the molecule is Cc1ccc(N2C[C@@H](NC(=O)NCCC3=CCCCC3)CC2=O)cc1C. The van der Waals surface area contributed by atoms with E-state index in [1.54, 1.807) is 4.90 Å². The first-order valence-electron chi connectivity index (χ1n) is 9.63. The molecule has 1 fully saturated rings. The van der Waals surface area contributed by atoms with Crippen LogP contribution in [0.1, 0.15) is 49.7 Å². The van der Waals surface area contributed by atoms with Crippen LogP contribution in [0.25, 0.3) is 0 Å². The molecule has 26 heavy (non-hydrogen) atoms. The number of allylic oxidation sites excluding steroid dienone is 1. The lowest BCUT2D eigenvalue weighted by molar-refractivity contribution is -0.117. The van der Waals surface area contributed by atoms with Gasteiger partial charge in [0.2, 0.25) is 5.91 Å². The fraction of sp³-hybridized carbons (Fsp3) is 0.524. The van der Waals surface area contributed by atoms with E-state index in [4.69, 9.17) is 0 Å². The van der Waals surface area contributed by atoms with Crippen LogP contribution in [0.5, 0.6) is 0 Å². The summed E-state index contributed by atoms with van der Waals surface area (Å²) in [5.41, 5.74) is 4.74. The molecule has 3 amide bonds. The van der Waals surface area contributed by atoms with Crippen molar-refractivity contribution in [2.45, 2.75) is 58.4 Å². The predicted molar refractivity (Wildman–Crippen MR) is 104 cm³/mol. The van der Waals surface area contributed by atoms with Gasteiger partial charge in [0.1, 0.15) is 0 Å². The number of benzene rings is 1. The molecule has 1 aliphatic carbocycles. The Bertz CT molecular complexity index is 711. The highest BCUT2D eigenvalue weighted by atomic mass is 16.2. The Kier molecular flexibility index (Phi) is 5.96. The molecule has 0 unspecified atom stereocenters. The van der Waals surface area contributed by atoms with Crippen LogP contribution in [0, 0.1) is 13.8 Å². The Morgan fingerprint density at radius 2 is 2.08 bits per heavy atom. The first-order valence-corrected chi connectivity index (χ1v) is 9.63. The van der Waals surface area contributed by atoms with Gasteiger partial charge in [0.15, 0.2) is 0 Å². The van der Waals surface area contributed by atoms with E-state index in [-0.39, 0.29) is 18.0 Å². The number of hydrogen-bond acceptors (Lipinski definition) is 2. The molecule has 5 nitrogen and oxygen atoms in total. The van der Waals surface area contributed by atoms with Gasteiger partial charge in [0.05, 0.1) is 6.04 Å². The molecular formula is C21H29N3O2. The molecule has 0 saturated carbocycles. The van der Waals surface area contributed by atoms with Crippen molar-refractivity contribution in [1.29, 1.82) is 0 Å². The normalized spacial score (nSPS) is 20.1. The fourth-order valence-corrected chi connectivity index (χ4v) is 3.65. The molecular weight excluding hydrogens is 326 g/mol. The summed E-state index contributed by atoms with van der Waals surface area (Å²) < 4.78 is 0. The van der Waals surface area contributed by atoms with Crippen LogP contribution in [-0.4, -0.2) is 31.1 Å². The van der Waals surface area contributed by atoms with Crippen molar-refractivity contribution in [3.63, 3.8) is 0 Å². The molecule has 0 spiro atoms. The summed E-state index contributed by atoms with van der Waals surface area (Å²) in [5.74, 6) is 0.0610. The van der Waals surface area contributed by atoms with E-state index in [1.165, 1.54) is 36.0 Å². The van der Waals surface area contributed by atoms with Gasteiger partial charge in [-0.05, 0) is 69.2 Å². The summed E-state index contributed by atoms with van der Waals surface area (Å²) in [4.78, 5) is 26.2. The van der Waals surface area contributed by atoms with Crippen molar-refractivity contribution in [2.24, 2.45) is 0 Å². The number of amides is 3. The van der Waals surface area contributed by atoms with Gasteiger partial charge in [-0.3, -0.25) is 4.79 Å². The Hall–Kier alpha value is -2.30. The number of nitrogens with one attached hydrogen (secondary N) is 2. The average molecular weight is 355 g/mol. The molecule has 1 atom stereocenters. The third-order valence-corrected chi connectivity index (χ3v) is 5.38. The monoisotopic (exact) mass is 355 g/mol. The second kappa shape index (κ2) is 8.39. The van der Waals surface area contributed by atoms with Crippen molar-refractivity contribution in [2.75, 3.05) is 18.0 Å². The Balaban J connectivity index is 1.46. The summed E-state index contributed by atoms with van der Waals surface area (Å²) in [7, 11) is 0. The summed E-state index contributed by atoms with van der Waals surface area (Å²) in [6, 6.07) is 5.72. The number of carbonyl (C=O) groups is 2. The third-order valence-electron chi connectivity index (χ3n) is 5.38. The summed E-state index contributed by atoms with van der Waals surface area (Å²) in [6.07, 6.45) is 8.45. The Morgan fingerprint density at radius 1 is 1.23 bits per heavy atom. The number of carbonyl (C=O) groups excluding carboxylic acids is 2. The zero-order chi connectivity index (χ0) is 18.5. The molecule has 1 saturated heterocycles. The van der Waals surface area contributed by atoms with Crippen LogP contribution < -0.4 is 15.5 Å². The van der Waals surface area contributed by atoms with Gasteiger partial charge in [-0.25, -0.2) is 4.79 Å². The number of hydrogen-bond donors (Lipinski definition) is 2. The first kappa shape index (κ1) is 18.5. The van der Waals surface area contributed by atoms with E-state index in [2.05, 4.69) is 23.6 Å². The maximum Gasteiger partial charge on any atom is 0.315 e. The number of anilines is 1. The minimum Gasteiger partial charge on any atom is -0.338 e. The molecule has 0 bridgehead atoms.